The van der Waals surface area contributed by atoms with Gasteiger partial charge in [0.1, 0.15) is 5.69 Å². The number of aromatic nitrogens is 5. The molecule has 3 heterocycles. The Bertz CT molecular complexity index is 965. The summed E-state index contributed by atoms with van der Waals surface area (Å²) in [6.07, 6.45) is 3.89. The van der Waals surface area contributed by atoms with Crippen LogP contribution in [0.2, 0.25) is 0 Å². The first-order valence-electron chi connectivity index (χ1n) is 7.68. The van der Waals surface area contributed by atoms with Crippen molar-refractivity contribution in [3.63, 3.8) is 0 Å². The van der Waals surface area contributed by atoms with Crippen LogP contribution in [0.3, 0.4) is 0 Å². The molecule has 0 saturated heterocycles. The second kappa shape index (κ2) is 5.63. The van der Waals surface area contributed by atoms with Crippen LogP contribution in [-0.4, -0.2) is 25.1 Å². The van der Waals surface area contributed by atoms with Crippen molar-refractivity contribution in [2.75, 3.05) is 0 Å². The molecule has 3 aromatic rings. The van der Waals surface area contributed by atoms with Gasteiger partial charge in [-0.2, -0.15) is 9.37 Å². The second-order valence-electron chi connectivity index (χ2n) is 5.98. The van der Waals surface area contributed by atoms with Crippen LogP contribution in [0.25, 0.3) is 23.2 Å². The number of aromatic amines is 1. The van der Waals surface area contributed by atoms with Gasteiger partial charge in [0.05, 0.1) is 6.20 Å². The molecule has 7 nitrogen and oxygen atoms in total. The van der Waals surface area contributed by atoms with Gasteiger partial charge in [0.2, 0.25) is 11.6 Å². The number of aryl methyl sites for hydroxylation is 1. The molecule has 0 amide bonds. The first-order chi connectivity index (χ1) is 11.6. The van der Waals surface area contributed by atoms with Gasteiger partial charge in [-0.05, 0) is 36.8 Å². The lowest BCUT2D eigenvalue weighted by atomic mass is 9.88. The highest BCUT2D eigenvalue weighted by molar-refractivity contribution is 5.53. The third-order valence-electron chi connectivity index (χ3n) is 4.12. The molecule has 1 N–H and O–H groups in total. The standard InChI is InChI=1S/C16H14FN5O2/c1-8-2-4-11-9(6-8)3-5-12(19-11)13-21-16(24-22-13)14-18-7-10(17)15(23)20-14/h3,5,7-8H,2,4,6H2,1H3,(H,18,20,23). The van der Waals surface area contributed by atoms with Crippen molar-refractivity contribution in [2.45, 2.75) is 26.2 Å². The van der Waals surface area contributed by atoms with Crippen LogP contribution in [-0.2, 0) is 12.8 Å². The van der Waals surface area contributed by atoms with E-state index < -0.39 is 11.4 Å². The lowest BCUT2D eigenvalue weighted by molar-refractivity contribution is 0.428. The molecule has 0 saturated carbocycles. The topological polar surface area (TPSA) is 97.6 Å². The molecule has 1 atom stereocenters. The van der Waals surface area contributed by atoms with Crippen molar-refractivity contribution >= 4 is 0 Å². The second-order valence-corrected chi connectivity index (χ2v) is 5.98. The van der Waals surface area contributed by atoms with E-state index in [4.69, 9.17) is 4.52 Å². The minimum Gasteiger partial charge on any atom is -0.330 e. The monoisotopic (exact) mass is 327 g/mol. The molecule has 3 aromatic heterocycles. The van der Waals surface area contributed by atoms with E-state index >= 15 is 0 Å². The van der Waals surface area contributed by atoms with E-state index in [1.165, 1.54) is 5.56 Å². The molecule has 0 fully saturated rings. The van der Waals surface area contributed by atoms with Gasteiger partial charge in [0.25, 0.3) is 11.4 Å². The Hall–Kier alpha value is -2.90. The summed E-state index contributed by atoms with van der Waals surface area (Å²) in [6.45, 7) is 2.23. The third-order valence-corrected chi connectivity index (χ3v) is 4.12. The summed E-state index contributed by atoms with van der Waals surface area (Å²) < 4.78 is 18.1. The predicted octanol–water partition coefficient (Wildman–Crippen LogP) is 2.15. The fourth-order valence-electron chi connectivity index (χ4n) is 2.83. The lowest BCUT2D eigenvalue weighted by Gasteiger charge is -2.20. The first-order valence-corrected chi connectivity index (χ1v) is 7.68. The molecule has 122 valence electrons. The van der Waals surface area contributed by atoms with Crippen LogP contribution >= 0.6 is 0 Å². The number of rotatable bonds is 2. The number of H-pyrrole nitrogens is 1. The van der Waals surface area contributed by atoms with E-state index in [1.807, 2.05) is 12.1 Å². The van der Waals surface area contributed by atoms with Gasteiger partial charge < -0.3 is 4.52 Å². The van der Waals surface area contributed by atoms with E-state index in [2.05, 4.69) is 32.0 Å². The van der Waals surface area contributed by atoms with E-state index in [-0.39, 0.29) is 11.7 Å². The summed E-state index contributed by atoms with van der Waals surface area (Å²) in [5.41, 5.74) is 2.03. The van der Waals surface area contributed by atoms with Crippen LogP contribution in [0.1, 0.15) is 24.6 Å². The maximum absolute atomic E-state index is 13.0. The molecule has 0 radical (unpaired) electrons. The number of halogens is 1. The van der Waals surface area contributed by atoms with Gasteiger partial charge in [-0.25, -0.2) is 9.97 Å². The number of nitrogens with zero attached hydrogens (tertiary/aromatic N) is 4. The minimum atomic E-state index is -0.968. The molecular formula is C16H14FN5O2. The summed E-state index contributed by atoms with van der Waals surface area (Å²) in [6, 6.07) is 3.90. The molecule has 24 heavy (non-hydrogen) atoms. The molecular weight excluding hydrogens is 313 g/mol. The highest BCUT2D eigenvalue weighted by Crippen LogP contribution is 2.26. The van der Waals surface area contributed by atoms with Gasteiger partial charge in [0, 0.05) is 5.69 Å². The SMILES string of the molecule is CC1CCc2nc(-c3noc(-c4ncc(F)c(=O)[nH]4)n3)ccc2C1. The fraction of sp³-hybridized carbons (Fsp3) is 0.312. The Kier molecular flexibility index (Phi) is 3.44. The van der Waals surface area contributed by atoms with Crippen molar-refractivity contribution in [3.8, 4) is 23.2 Å². The van der Waals surface area contributed by atoms with Gasteiger partial charge in [0.15, 0.2) is 5.82 Å². The zero-order valence-corrected chi connectivity index (χ0v) is 12.9. The van der Waals surface area contributed by atoms with Gasteiger partial charge in [-0.15, -0.1) is 0 Å². The van der Waals surface area contributed by atoms with Crippen LogP contribution in [0.4, 0.5) is 4.39 Å². The van der Waals surface area contributed by atoms with E-state index in [0.29, 0.717) is 17.4 Å². The van der Waals surface area contributed by atoms with E-state index in [0.717, 1.165) is 31.2 Å². The van der Waals surface area contributed by atoms with Crippen LogP contribution in [0.15, 0.2) is 27.6 Å². The Morgan fingerprint density at radius 2 is 2.21 bits per heavy atom. The average molecular weight is 327 g/mol. The molecule has 1 unspecified atom stereocenters. The zero-order valence-electron chi connectivity index (χ0n) is 12.9. The Labute approximate surface area is 136 Å². The molecule has 1 aliphatic rings. The highest BCUT2D eigenvalue weighted by Gasteiger charge is 2.19. The normalized spacial score (nSPS) is 16.8. The minimum absolute atomic E-state index is 0.00948. The number of nitrogens with one attached hydrogen (secondary N) is 1. The van der Waals surface area contributed by atoms with Crippen LogP contribution in [0.5, 0.6) is 0 Å². The number of fused-ring (bicyclic) bond motifs is 1. The van der Waals surface area contributed by atoms with Crippen molar-refractivity contribution in [3.05, 3.63) is 45.8 Å². The quantitative estimate of drug-likeness (QED) is 0.774. The Morgan fingerprint density at radius 3 is 3.04 bits per heavy atom. The molecule has 0 aromatic carbocycles. The number of hydrogen-bond donors (Lipinski definition) is 1. The maximum atomic E-state index is 13.0. The average Bonchev–Trinajstić information content (AvgIpc) is 3.07. The smallest absolute Gasteiger partial charge is 0.294 e. The Balaban J connectivity index is 1.67. The van der Waals surface area contributed by atoms with E-state index in [9.17, 15) is 9.18 Å². The van der Waals surface area contributed by atoms with Crippen LogP contribution < -0.4 is 5.56 Å². The summed E-state index contributed by atoms with van der Waals surface area (Å²) in [7, 11) is 0. The number of pyridine rings is 1. The van der Waals surface area contributed by atoms with Crippen molar-refractivity contribution in [1.29, 1.82) is 0 Å². The zero-order chi connectivity index (χ0) is 16.7. The molecule has 0 spiro atoms. The molecule has 1 aliphatic carbocycles. The molecule has 0 bridgehead atoms. The van der Waals surface area contributed by atoms with Gasteiger partial charge in [-0.3, -0.25) is 9.78 Å². The summed E-state index contributed by atoms with van der Waals surface area (Å²) in [5.74, 6) is 0.0351. The largest absolute Gasteiger partial charge is 0.330 e. The maximum Gasteiger partial charge on any atom is 0.294 e. The van der Waals surface area contributed by atoms with Crippen molar-refractivity contribution < 1.29 is 8.91 Å². The highest BCUT2D eigenvalue weighted by atomic mass is 19.1. The summed E-state index contributed by atoms with van der Waals surface area (Å²) >= 11 is 0. The third kappa shape index (κ3) is 2.60. The van der Waals surface area contributed by atoms with E-state index in [1.54, 1.807) is 0 Å². The van der Waals surface area contributed by atoms with Crippen molar-refractivity contribution in [1.82, 2.24) is 25.1 Å². The molecule has 4 rings (SSSR count). The van der Waals surface area contributed by atoms with Gasteiger partial charge in [-0.1, -0.05) is 18.1 Å². The van der Waals surface area contributed by atoms with Crippen molar-refractivity contribution in [2.24, 2.45) is 5.92 Å². The van der Waals surface area contributed by atoms with Gasteiger partial charge >= 0.3 is 0 Å². The number of hydrogen-bond acceptors (Lipinski definition) is 6. The predicted molar refractivity (Wildman–Crippen MR) is 82.5 cm³/mol. The molecule has 8 heteroatoms. The first kappa shape index (κ1) is 14.7. The Morgan fingerprint density at radius 1 is 1.33 bits per heavy atom. The summed E-state index contributed by atoms with van der Waals surface area (Å²) in [4.78, 5) is 26.1. The lowest BCUT2D eigenvalue weighted by Crippen LogP contribution is -2.13. The summed E-state index contributed by atoms with van der Waals surface area (Å²) in [5, 5.41) is 3.87. The molecule has 0 aliphatic heterocycles. The fourth-order valence-corrected chi connectivity index (χ4v) is 2.83. The van der Waals surface area contributed by atoms with Crippen LogP contribution in [0, 0.1) is 11.7 Å².